The van der Waals surface area contributed by atoms with Crippen LogP contribution in [0, 0.1) is 0 Å². The van der Waals surface area contributed by atoms with Gasteiger partial charge in [0.15, 0.2) is 0 Å². The molecule has 0 fully saturated rings. The van der Waals surface area contributed by atoms with Crippen molar-refractivity contribution in [2.75, 3.05) is 0 Å². The SMILES string of the molecule is CC1(C)CCC(O)(c2ccccc2)c2cc(SCc3ccc(C(=O)O)cc3)ccc21. The van der Waals surface area contributed by atoms with Crippen LogP contribution in [0.1, 0.15) is 59.3 Å². The van der Waals surface area contributed by atoms with E-state index < -0.39 is 11.6 Å². The van der Waals surface area contributed by atoms with Gasteiger partial charge in [-0.1, -0.05) is 62.4 Å². The van der Waals surface area contributed by atoms with Crippen molar-refractivity contribution < 1.29 is 15.0 Å². The molecular formula is C26H26O3S. The molecule has 30 heavy (non-hydrogen) atoms. The van der Waals surface area contributed by atoms with Crippen LogP contribution in [0.2, 0.25) is 0 Å². The molecule has 4 heteroatoms. The van der Waals surface area contributed by atoms with E-state index in [1.54, 1.807) is 23.9 Å². The van der Waals surface area contributed by atoms with Crippen molar-refractivity contribution in [2.45, 2.75) is 48.4 Å². The Morgan fingerprint density at radius 2 is 1.63 bits per heavy atom. The summed E-state index contributed by atoms with van der Waals surface area (Å²) in [5.41, 5.74) is 3.55. The van der Waals surface area contributed by atoms with E-state index in [-0.39, 0.29) is 5.41 Å². The highest BCUT2D eigenvalue weighted by molar-refractivity contribution is 7.98. The number of rotatable bonds is 5. The van der Waals surface area contributed by atoms with Gasteiger partial charge < -0.3 is 10.2 Å². The summed E-state index contributed by atoms with van der Waals surface area (Å²) in [6.45, 7) is 4.49. The van der Waals surface area contributed by atoms with E-state index >= 15 is 0 Å². The summed E-state index contributed by atoms with van der Waals surface area (Å²) in [7, 11) is 0. The number of carbonyl (C=O) groups is 1. The number of fused-ring (bicyclic) bond motifs is 1. The Morgan fingerprint density at radius 1 is 0.933 bits per heavy atom. The first-order chi connectivity index (χ1) is 14.3. The van der Waals surface area contributed by atoms with Crippen molar-refractivity contribution in [3.8, 4) is 0 Å². The van der Waals surface area contributed by atoms with E-state index in [2.05, 4.69) is 32.0 Å². The standard InChI is InChI=1S/C26H26O3S/c1-25(2)14-15-26(29,20-6-4-3-5-7-20)23-16-21(12-13-22(23)25)30-17-18-8-10-19(11-9-18)24(27)28/h3-13,16,29H,14-15,17H2,1-2H3,(H,27,28). The van der Waals surface area contributed by atoms with E-state index in [1.165, 1.54) is 5.56 Å². The second kappa shape index (κ2) is 7.93. The number of aromatic carboxylic acids is 1. The topological polar surface area (TPSA) is 57.5 Å². The highest BCUT2D eigenvalue weighted by atomic mass is 32.2. The Kier molecular flexibility index (Phi) is 5.48. The number of carboxylic acids is 1. The molecule has 0 saturated carbocycles. The number of benzene rings is 3. The minimum Gasteiger partial charge on any atom is -0.478 e. The highest BCUT2D eigenvalue weighted by Gasteiger charge is 2.42. The van der Waals surface area contributed by atoms with Gasteiger partial charge in [0.25, 0.3) is 0 Å². The molecule has 3 aromatic carbocycles. The van der Waals surface area contributed by atoms with Gasteiger partial charge in [-0.05, 0) is 64.8 Å². The molecular weight excluding hydrogens is 392 g/mol. The Hall–Kier alpha value is -2.56. The maximum Gasteiger partial charge on any atom is 0.335 e. The van der Waals surface area contributed by atoms with Crippen LogP contribution >= 0.6 is 11.8 Å². The molecule has 0 aromatic heterocycles. The minimum atomic E-state index is -0.980. The predicted octanol–water partition coefficient (Wildman–Crippen LogP) is 5.98. The van der Waals surface area contributed by atoms with Gasteiger partial charge in [0.1, 0.15) is 5.60 Å². The van der Waals surface area contributed by atoms with Crippen molar-refractivity contribution in [1.29, 1.82) is 0 Å². The van der Waals surface area contributed by atoms with E-state index in [0.29, 0.717) is 12.0 Å². The Labute approximate surface area is 181 Å². The largest absolute Gasteiger partial charge is 0.478 e. The van der Waals surface area contributed by atoms with Gasteiger partial charge in [0.05, 0.1) is 5.56 Å². The molecule has 1 unspecified atom stereocenters. The molecule has 1 atom stereocenters. The molecule has 154 valence electrons. The summed E-state index contributed by atoms with van der Waals surface area (Å²) in [6.07, 6.45) is 1.62. The maximum absolute atomic E-state index is 11.8. The first kappa shape index (κ1) is 20.7. The van der Waals surface area contributed by atoms with Gasteiger partial charge in [0, 0.05) is 10.6 Å². The molecule has 0 aliphatic heterocycles. The highest BCUT2D eigenvalue weighted by Crippen LogP contribution is 2.48. The normalized spacial score (nSPS) is 19.8. The van der Waals surface area contributed by atoms with Gasteiger partial charge >= 0.3 is 5.97 Å². The van der Waals surface area contributed by atoms with Crippen LogP contribution in [0.15, 0.2) is 77.7 Å². The number of hydrogen-bond donors (Lipinski definition) is 2. The molecule has 0 heterocycles. The molecule has 0 amide bonds. The number of hydrogen-bond acceptors (Lipinski definition) is 3. The first-order valence-electron chi connectivity index (χ1n) is 10.2. The van der Waals surface area contributed by atoms with Gasteiger partial charge in [-0.25, -0.2) is 4.79 Å². The predicted molar refractivity (Wildman–Crippen MR) is 121 cm³/mol. The van der Waals surface area contributed by atoms with Crippen LogP contribution in [-0.2, 0) is 16.8 Å². The summed E-state index contributed by atoms with van der Waals surface area (Å²) >= 11 is 1.70. The lowest BCUT2D eigenvalue weighted by Crippen LogP contribution is -2.38. The van der Waals surface area contributed by atoms with Crippen LogP contribution in [0.25, 0.3) is 0 Å². The average Bonchev–Trinajstić information content (AvgIpc) is 2.76. The number of aliphatic hydroxyl groups is 1. The van der Waals surface area contributed by atoms with Crippen LogP contribution in [0.5, 0.6) is 0 Å². The van der Waals surface area contributed by atoms with Gasteiger partial charge in [-0.15, -0.1) is 11.8 Å². The fraction of sp³-hybridized carbons (Fsp3) is 0.269. The maximum atomic E-state index is 11.8. The van der Waals surface area contributed by atoms with Crippen molar-refractivity contribution >= 4 is 17.7 Å². The van der Waals surface area contributed by atoms with Gasteiger partial charge in [-0.2, -0.15) is 0 Å². The summed E-state index contributed by atoms with van der Waals surface area (Å²) in [4.78, 5) is 12.1. The zero-order valence-electron chi connectivity index (χ0n) is 17.3. The second-order valence-corrected chi connectivity index (χ2v) is 9.66. The van der Waals surface area contributed by atoms with Crippen LogP contribution in [-0.4, -0.2) is 16.2 Å². The lowest BCUT2D eigenvalue weighted by molar-refractivity contribution is 0.0494. The summed E-state index contributed by atoms with van der Waals surface area (Å²) in [6, 6.07) is 23.4. The summed E-state index contributed by atoms with van der Waals surface area (Å²) in [5.74, 6) is -0.169. The third-order valence-corrected chi connectivity index (χ3v) is 7.20. The zero-order chi connectivity index (χ0) is 21.4. The molecule has 0 bridgehead atoms. The molecule has 4 rings (SSSR count). The average molecular weight is 419 g/mol. The van der Waals surface area contributed by atoms with E-state index in [9.17, 15) is 9.90 Å². The second-order valence-electron chi connectivity index (χ2n) is 8.61. The molecule has 0 spiro atoms. The van der Waals surface area contributed by atoms with Crippen LogP contribution in [0.3, 0.4) is 0 Å². The Morgan fingerprint density at radius 3 is 2.30 bits per heavy atom. The molecule has 1 aliphatic rings. The van der Waals surface area contributed by atoms with Crippen molar-refractivity contribution in [3.05, 3.63) is 101 Å². The quantitative estimate of drug-likeness (QED) is 0.500. The third-order valence-electron chi connectivity index (χ3n) is 6.14. The third kappa shape index (κ3) is 3.90. The molecule has 2 N–H and O–H groups in total. The molecule has 0 saturated heterocycles. The number of thioether (sulfide) groups is 1. The van der Waals surface area contributed by atoms with Crippen molar-refractivity contribution in [2.24, 2.45) is 0 Å². The minimum absolute atomic E-state index is 0.0200. The fourth-order valence-electron chi connectivity index (χ4n) is 4.23. The summed E-state index contributed by atoms with van der Waals surface area (Å²) < 4.78 is 0. The summed E-state index contributed by atoms with van der Waals surface area (Å²) in [5, 5.41) is 20.8. The zero-order valence-corrected chi connectivity index (χ0v) is 18.1. The molecule has 1 aliphatic carbocycles. The monoisotopic (exact) mass is 418 g/mol. The van der Waals surface area contributed by atoms with E-state index in [0.717, 1.165) is 33.8 Å². The Balaban J connectivity index is 1.64. The van der Waals surface area contributed by atoms with E-state index in [1.807, 2.05) is 42.5 Å². The van der Waals surface area contributed by atoms with E-state index in [4.69, 9.17) is 5.11 Å². The fourth-order valence-corrected chi connectivity index (χ4v) is 5.12. The van der Waals surface area contributed by atoms with Crippen molar-refractivity contribution in [3.63, 3.8) is 0 Å². The molecule has 0 radical (unpaired) electrons. The van der Waals surface area contributed by atoms with Gasteiger partial charge in [-0.3, -0.25) is 0 Å². The lowest BCUT2D eigenvalue weighted by Gasteiger charge is -2.43. The Bertz CT molecular complexity index is 1060. The van der Waals surface area contributed by atoms with Crippen LogP contribution in [0.4, 0.5) is 0 Å². The van der Waals surface area contributed by atoms with Crippen LogP contribution < -0.4 is 0 Å². The number of carboxylic acid groups (broad SMARTS) is 1. The van der Waals surface area contributed by atoms with Crippen molar-refractivity contribution in [1.82, 2.24) is 0 Å². The smallest absolute Gasteiger partial charge is 0.335 e. The lowest BCUT2D eigenvalue weighted by atomic mass is 9.65. The molecule has 3 nitrogen and oxygen atoms in total. The van der Waals surface area contributed by atoms with Gasteiger partial charge in [0.2, 0.25) is 0 Å². The molecule has 3 aromatic rings. The first-order valence-corrected chi connectivity index (χ1v) is 11.2.